The number of methoxy groups -OCH3 is 1. The maximum atomic E-state index is 15.0. The molecule has 0 aliphatic carbocycles. The number of carbonyl (C=O) groups is 1. The molecule has 3 aliphatic rings. The third-order valence-corrected chi connectivity index (χ3v) is 12.8. The van der Waals surface area contributed by atoms with Crippen LogP contribution in [-0.2, 0) is 48.3 Å². The molecule has 2 unspecified atom stereocenters. The average molecular weight is 905 g/mol. The van der Waals surface area contributed by atoms with E-state index in [1.807, 2.05) is 90.1 Å². The number of piperidine rings is 3. The number of ether oxygens (including phenoxy) is 2. The summed E-state index contributed by atoms with van der Waals surface area (Å²) in [5.74, 6) is 0.649. The van der Waals surface area contributed by atoms with Crippen LogP contribution in [0.1, 0.15) is 141 Å². The van der Waals surface area contributed by atoms with Crippen molar-refractivity contribution < 1.29 is 41.5 Å². The molecule has 4 aromatic rings. The van der Waals surface area contributed by atoms with Crippen molar-refractivity contribution in [2.75, 3.05) is 26.7 Å². The van der Waals surface area contributed by atoms with Gasteiger partial charge < -0.3 is 19.7 Å². The summed E-state index contributed by atoms with van der Waals surface area (Å²) in [4.78, 5) is 31.7. The van der Waals surface area contributed by atoms with Crippen LogP contribution >= 0.6 is 0 Å². The molecular weight excluding hydrogens is 836 g/mol. The number of pyridine rings is 1. The van der Waals surface area contributed by atoms with Gasteiger partial charge in [0.25, 0.3) is 0 Å². The van der Waals surface area contributed by atoms with Gasteiger partial charge in [-0.1, -0.05) is 125 Å². The zero-order valence-electron chi connectivity index (χ0n) is 39.7. The van der Waals surface area contributed by atoms with Crippen LogP contribution in [0.3, 0.4) is 0 Å². The number of nitrogens with zero attached hydrogens (tertiary/aromatic N) is 4. The van der Waals surface area contributed by atoms with Gasteiger partial charge in [-0.15, -0.1) is 6.58 Å². The Kier molecular flexibility index (Phi) is 14.9. The number of benzene rings is 3. The number of hydrogen-bond acceptors (Lipinski definition) is 9. The summed E-state index contributed by atoms with van der Waals surface area (Å²) < 4.78 is 12.4. The third-order valence-electron chi connectivity index (χ3n) is 12.8. The number of esters is 1. The van der Waals surface area contributed by atoms with Crippen LogP contribution < -0.4 is 14.9 Å². The van der Waals surface area contributed by atoms with E-state index in [1.54, 1.807) is 19.5 Å². The van der Waals surface area contributed by atoms with Gasteiger partial charge in [-0.05, 0) is 111 Å². The number of fused-ring (bicyclic) bond motifs is 4. The van der Waals surface area contributed by atoms with Crippen molar-refractivity contribution in [1.29, 1.82) is 0 Å². The fourth-order valence-electron chi connectivity index (χ4n) is 8.84. The van der Waals surface area contributed by atoms with Gasteiger partial charge in [0.05, 0.1) is 25.2 Å². The maximum absolute atomic E-state index is 15.0. The number of carbonyl (C=O) groups excluding carboxylic acids is 1. The summed E-state index contributed by atoms with van der Waals surface area (Å²) in [5, 5.41) is 28.9. The van der Waals surface area contributed by atoms with E-state index >= 15 is 0 Å². The van der Waals surface area contributed by atoms with Gasteiger partial charge in [-0.25, -0.2) is 4.79 Å². The molecule has 9 nitrogen and oxygen atoms in total. The predicted octanol–water partition coefficient (Wildman–Crippen LogP) is 9.67. The average Bonchev–Trinajstić information content (AvgIpc) is 3.20. The van der Waals surface area contributed by atoms with Crippen LogP contribution in [0, 0.1) is 11.8 Å². The molecule has 10 heteroatoms. The molecule has 0 saturated carbocycles. The summed E-state index contributed by atoms with van der Waals surface area (Å²) in [7, 11) is 1.63. The van der Waals surface area contributed by atoms with Crippen molar-refractivity contribution in [1.82, 2.24) is 9.88 Å². The van der Waals surface area contributed by atoms with E-state index in [-0.39, 0.29) is 52.0 Å². The Morgan fingerprint density at radius 3 is 1.95 bits per heavy atom. The molecule has 3 aromatic carbocycles. The van der Waals surface area contributed by atoms with Gasteiger partial charge in [-0.3, -0.25) is 19.9 Å². The fourth-order valence-corrected chi connectivity index (χ4v) is 8.84. The first-order valence-electron chi connectivity index (χ1n) is 22.2. The predicted molar refractivity (Wildman–Crippen MR) is 249 cm³/mol. The van der Waals surface area contributed by atoms with Gasteiger partial charge >= 0.3 is 23.0 Å². The minimum Gasteiger partial charge on any atom is -0.872 e. The SMILES string of the molecule is C=C[C@H]1CN2CC[C@H]1C[C@H]2[C@H](OC(=O)C(CN=Cc1cc(C(C)(C)C)cc(C(C)(C)C)c1[O-])N=Cc1cc(C(C)(C)C)cc(C(C)(C)C)c1[O-])c1ccnc2ccc(OC)cc12.[Cu+2]. The quantitative estimate of drug-likeness (QED) is 0.0636. The van der Waals surface area contributed by atoms with Gasteiger partial charge in [0.1, 0.15) is 11.9 Å². The molecule has 0 amide bonds. The van der Waals surface area contributed by atoms with E-state index in [4.69, 9.17) is 19.5 Å². The molecule has 0 N–H and O–H groups in total. The van der Waals surface area contributed by atoms with Crippen LogP contribution in [0.15, 0.2) is 77.4 Å². The largest absolute Gasteiger partial charge is 2.00 e. The maximum Gasteiger partial charge on any atom is 2.00 e. The van der Waals surface area contributed by atoms with E-state index in [0.717, 1.165) is 53.5 Å². The molecule has 4 heterocycles. The number of aromatic nitrogens is 1. The Balaban J connectivity index is 0.00000748. The van der Waals surface area contributed by atoms with Crippen LogP contribution in [0.5, 0.6) is 17.2 Å². The summed E-state index contributed by atoms with van der Waals surface area (Å²) in [6.07, 6.45) is 8.12. The monoisotopic (exact) mass is 903 g/mol. The minimum atomic E-state index is -1.13. The molecule has 3 fully saturated rings. The van der Waals surface area contributed by atoms with Crippen molar-refractivity contribution in [2.45, 2.75) is 136 Å². The summed E-state index contributed by atoms with van der Waals surface area (Å²) in [6.45, 7) is 30.6. The Morgan fingerprint density at radius 2 is 1.44 bits per heavy atom. The van der Waals surface area contributed by atoms with E-state index in [0.29, 0.717) is 39.8 Å². The summed E-state index contributed by atoms with van der Waals surface area (Å²) in [6, 6.07) is 14.2. The zero-order chi connectivity index (χ0) is 45.5. The normalized spacial score (nSPS) is 20.5. The third kappa shape index (κ3) is 11.1. The van der Waals surface area contributed by atoms with Crippen molar-refractivity contribution in [3.05, 3.63) is 106 Å². The van der Waals surface area contributed by atoms with Crippen LogP contribution in [-0.4, -0.2) is 67.1 Å². The molecule has 1 aromatic heterocycles. The van der Waals surface area contributed by atoms with Crippen LogP contribution in [0.2, 0.25) is 0 Å². The van der Waals surface area contributed by atoms with Crippen molar-refractivity contribution in [3.63, 3.8) is 0 Å². The molecule has 7 rings (SSSR count). The number of aliphatic imine (C=N–C) groups is 2. The van der Waals surface area contributed by atoms with E-state index < -0.39 is 28.9 Å². The summed E-state index contributed by atoms with van der Waals surface area (Å²) >= 11 is 0. The Hall–Kier alpha value is -4.50. The molecule has 3 aliphatic heterocycles. The first kappa shape index (κ1) is 49.5. The summed E-state index contributed by atoms with van der Waals surface area (Å²) in [5.41, 5.74) is 4.57. The Labute approximate surface area is 387 Å². The van der Waals surface area contributed by atoms with Crippen molar-refractivity contribution in [3.8, 4) is 17.2 Å². The smallest absolute Gasteiger partial charge is 0.872 e. The van der Waals surface area contributed by atoms with Gasteiger partial charge in [0, 0.05) is 36.1 Å². The van der Waals surface area contributed by atoms with Crippen molar-refractivity contribution >= 4 is 29.3 Å². The second-order valence-corrected chi connectivity index (χ2v) is 21.6. The van der Waals surface area contributed by atoms with Gasteiger partial charge in [0.15, 0.2) is 6.04 Å². The first-order valence-corrected chi connectivity index (χ1v) is 22.2. The number of hydrogen-bond donors (Lipinski definition) is 0. The van der Waals surface area contributed by atoms with E-state index in [9.17, 15) is 15.0 Å². The molecule has 2 bridgehead atoms. The fraction of sp³-hybridized carbons (Fsp3) is 0.509. The Bertz CT molecular complexity index is 2360. The number of rotatable bonds is 11. The second-order valence-electron chi connectivity index (χ2n) is 21.6. The first-order chi connectivity index (χ1) is 28.9. The second kappa shape index (κ2) is 18.9. The molecule has 63 heavy (non-hydrogen) atoms. The molecular formula is C53H68CuN4O5. The molecule has 341 valence electrons. The minimum absolute atomic E-state index is 0. The van der Waals surface area contributed by atoms with Crippen LogP contribution in [0.25, 0.3) is 10.9 Å². The van der Waals surface area contributed by atoms with Crippen molar-refractivity contribution in [2.24, 2.45) is 21.8 Å². The molecule has 0 spiro atoms. The standard InChI is InChI=1S/C53H70N4O5.Cu/c1-15-32-31-57-21-19-33(32)24-45(57)48(39-18-20-55-43-17-16-38(61-14)27-40(39)43)62-49(60)44(56-29-35-23-37(51(5,6)7)26-42(47(35)59)53(11,12)13)30-54-28-34-22-36(50(2,3)4)25-41(46(34)58)52(8,9)10;/h15-18,20,22-23,25-29,32-33,44-45,48,58-59H,1,19,21,24,30-31H2,2-14H3;/q;+2/p-2/t32-,33-,44?,45-,48+;/m0./s1. The molecule has 1 radical (unpaired) electrons. The Morgan fingerprint density at radius 1 is 0.857 bits per heavy atom. The molecule has 3 saturated heterocycles. The van der Waals surface area contributed by atoms with Crippen LogP contribution in [0.4, 0.5) is 0 Å². The van der Waals surface area contributed by atoms with Gasteiger partial charge in [-0.2, -0.15) is 0 Å². The van der Waals surface area contributed by atoms with Gasteiger partial charge in [0.2, 0.25) is 0 Å². The zero-order valence-corrected chi connectivity index (χ0v) is 40.6. The topological polar surface area (TPSA) is 122 Å². The van der Waals surface area contributed by atoms with E-state index in [1.165, 1.54) is 6.21 Å². The van der Waals surface area contributed by atoms with E-state index in [2.05, 4.69) is 64.1 Å². The molecule has 6 atom stereocenters.